The van der Waals surface area contributed by atoms with E-state index in [1.165, 1.54) is 21.8 Å². The number of hydrogen-bond acceptors (Lipinski definition) is 5. The molecular formula is C21H20F5IN4O3S. The molecule has 14 heteroatoms. The van der Waals surface area contributed by atoms with Crippen molar-refractivity contribution in [2.75, 3.05) is 19.7 Å². The molecule has 2 N–H and O–H groups in total. The van der Waals surface area contributed by atoms with Gasteiger partial charge < -0.3 is 15.1 Å². The molecule has 1 amide bonds. The second-order valence-electron chi connectivity index (χ2n) is 7.98. The topological polar surface area (TPSA) is 91.5 Å². The molecule has 0 aliphatic carbocycles. The minimum absolute atomic E-state index is 0.0892. The predicted molar refractivity (Wildman–Crippen MR) is 132 cm³/mol. The van der Waals surface area contributed by atoms with Crippen molar-refractivity contribution in [3.05, 3.63) is 60.2 Å². The first-order valence-corrected chi connectivity index (χ1v) is 16.1. The SMILES string of the molecule is C=IS(F)(F)(F)(F)c1ccc(-n2nc(C3CN(C(=O)C(=C)F)C3)c3c([C@H](O)CO)ccnc32)cc1. The fraction of sp³-hybridized carbons (Fsp3) is 0.238. The lowest BCUT2D eigenvalue weighted by Crippen LogP contribution is -2.48. The van der Waals surface area contributed by atoms with Crippen LogP contribution in [0.3, 0.4) is 0 Å². The van der Waals surface area contributed by atoms with Gasteiger partial charge in [-0.05, 0) is 35.9 Å². The normalized spacial score (nSPS) is 17.5. The Balaban J connectivity index is 1.83. The molecule has 1 aromatic carbocycles. The summed E-state index contributed by atoms with van der Waals surface area (Å²) in [5, 5.41) is 24.6. The van der Waals surface area contributed by atoms with Crippen molar-refractivity contribution in [1.29, 1.82) is 0 Å². The summed E-state index contributed by atoms with van der Waals surface area (Å²) in [5.41, 5.74) is 0.960. The number of hydrogen-bond donors (Lipinski definition) is 2. The Morgan fingerprint density at radius 2 is 1.83 bits per heavy atom. The number of amides is 1. The van der Waals surface area contributed by atoms with Gasteiger partial charge in [-0.1, -0.05) is 11.1 Å². The fourth-order valence-corrected chi connectivity index (χ4v) is 6.57. The Kier molecular flexibility index (Phi) is 5.89. The minimum Gasteiger partial charge on any atom is -0.393 e. The van der Waals surface area contributed by atoms with Crippen LogP contribution in [-0.2, 0) is 4.79 Å². The van der Waals surface area contributed by atoms with Crippen molar-refractivity contribution < 1.29 is 34.9 Å². The molecule has 1 saturated heterocycles. The van der Waals surface area contributed by atoms with Crippen LogP contribution in [0.4, 0.5) is 19.9 Å². The van der Waals surface area contributed by atoms with Gasteiger partial charge in [-0.15, -0.1) is 15.5 Å². The van der Waals surface area contributed by atoms with Gasteiger partial charge in [0.25, 0.3) is 5.91 Å². The standard InChI is InChI=1S/C21H20F5IN4O3S/c1-12(22)21(34)30-9-13(10-30)19-18-16(17(33)11-32)7-8-28-20(18)31(29-19)14-3-5-15(6-4-14)35(23,24,25,26)27-2/h3-8,13,17,32-33H,1-2,9-11H2/t17-/m1/s1. The van der Waals surface area contributed by atoms with Crippen molar-refractivity contribution in [2.45, 2.75) is 16.9 Å². The maximum Gasteiger partial charge on any atom is 0.282 e. The van der Waals surface area contributed by atoms with E-state index in [0.29, 0.717) is 23.2 Å². The second kappa shape index (κ2) is 8.04. The number of aliphatic hydroxyl groups is 2. The number of aromatic nitrogens is 3. The largest absolute Gasteiger partial charge is 0.393 e. The molecule has 35 heavy (non-hydrogen) atoms. The number of fused-ring (bicyclic) bond motifs is 1. The van der Waals surface area contributed by atoms with Gasteiger partial charge in [-0.3, -0.25) is 4.79 Å². The van der Waals surface area contributed by atoms with Crippen LogP contribution in [0.1, 0.15) is 23.3 Å². The average molecular weight is 630 g/mol. The van der Waals surface area contributed by atoms with Gasteiger partial charge in [0.2, 0.25) is 7.01 Å². The quantitative estimate of drug-likeness (QED) is 0.219. The number of benzene rings is 1. The maximum absolute atomic E-state index is 14.2. The zero-order valence-electron chi connectivity index (χ0n) is 17.9. The molecule has 1 fully saturated rings. The molecule has 0 spiro atoms. The molecule has 0 radical (unpaired) electrons. The lowest BCUT2D eigenvalue weighted by Gasteiger charge is -2.45. The monoisotopic (exact) mass is 630 g/mol. The van der Waals surface area contributed by atoms with Gasteiger partial charge in [0.15, 0.2) is 11.5 Å². The summed E-state index contributed by atoms with van der Waals surface area (Å²) in [6.07, 6.45) is 0.0435. The summed E-state index contributed by atoms with van der Waals surface area (Å²) >= 11 is -2.96. The van der Waals surface area contributed by atoms with E-state index >= 15 is 0 Å². The number of aliphatic hydroxyl groups excluding tert-OH is 2. The van der Waals surface area contributed by atoms with Crippen LogP contribution in [0.25, 0.3) is 16.7 Å². The molecule has 1 aliphatic heterocycles. The number of nitrogens with zero attached hydrogens (tertiary/aromatic N) is 4. The van der Waals surface area contributed by atoms with Crippen LogP contribution < -0.4 is 0 Å². The van der Waals surface area contributed by atoms with E-state index in [2.05, 4.69) is 21.2 Å². The molecule has 4 rings (SSSR count). The third kappa shape index (κ3) is 4.47. The fourth-order valence-electron chi connectivity index (χ4n) is 3.83. The molecule has 0 saturated carbocycles. The van der Waals surface area contributed by atoms with Gasteiger partial charge in [0.05, 0.1) is 22.9 Å². The molecule has 3 aromatic rings. The third-order valence-electron chi connectivity index (χ3n) is 5.69. The van der Waals surface area contributed by atoms with E-state index in [1.54, 1.807) is 0 Å². The molecular weight excluding hydrogens is 610 g/mol. The molecule has 3 heterocycles. The van der Waals surface area contributed by atoms with E-state index < -0.39 is 61.6 Å². The second-order valence-corrected chi connectivity index (χ2v) is 17.8. The highest BCUT2D eigenvalue weighted by molar-refractivity contribution is 14.2. The first-order chi connectivity index (χ1) is 16.2. The first kappa shape index (κ1) is 25.7. The summed E-state index contributed by atoms with van der Waals surface area (Å²) in [6, 6.07) is 4.86. The molecule has 190 valence electrons. The number of rotatable bonds is 7. The van der Waals surface area contributed by atoms with Gasteiger partial charge in [-0.2, -0.15) is 5.10 Å². The maximum atomic E-state index is 14.2. The van der Waals surface area contributed by atoms with Crippen LogP contribution in [-0.4, -0.2) is 60.0 Å². The summed E-state index contributed by atoms with van der Waals surface area (Å²) in [6.45, 7) is 2.55. The lowest BCUT2D eigenvalue weighted by molar-refractivity contribution is -0.133. The van der Waals surface area contributed by atoms with Gasteiger partial charge in [-0.25, -0.2) is 14.1 Å². The van der Waals surface area contributed by atoms with Gasteiger partial charge >= 0.3 is 0 Å². The Morgan fingerprint density at radius 3 is 2.37 bits per heavy atom. The Hall–Kier alpha value is -2.43. The Morgan fingerprint density at radius 1 is 1.20 bits per heavy atom. The van der Waals surface area contributed by atoms with Crippen molar-refractivity contribution in [3.8, 4) is 5.69 Å². The average Bonchev–Trinajstić information content (AvgIpc) is 3.16. The highest BCUT2D eigenvalue weighted by atomic mass is 127. The Bertz CT molecular complexity index is 1370. The smallest absolute Gasteiger partial charge is 0.282 e. The van der Waals surface area contributed by atoms with Gasteiger partial charge in [0, 0.05) is 49.9 Å². The highest BCUT2D eigenvalue weighted by Gasteiger charge is 2.62. The highest BCUT2D eigenvalue weighted by Crippen LogP contribution is 3.07. The number of pyridine rings is 1. The van der Waals surface area contributed by atoms with Crippen molar-refractivity contribution in [2.24, 2.45) is 0 Å². The van der Waals surface area contributed by atoms with Crippen LogP contribution in [0.5, 0.6) is 0 Å². The van der Waals surface area contributed by atoms with E-state index in [9.17, 15) is 34.9 Å². The van der Waals surface area contributed by atoms with Crippen LogP contribution in [0.2, 0.25) is 0 Å². The Labute approximate surface area is 204 Å². The van der Waals surface area contributed by atoms with E-state index in [0.717, 1.165) is 12.1 Å². The first-order valence-electron chi connectivity index (χ1n) is 10.0. The molecule has 1 aliphatic rings. The van der Waals surface area contributed by atoms with Crippen molar-refractivity contribution in [3.63, 3.8) is 0 Å². The number of carbonyl (C=O) groups is 1. The lowest BCUT2D eigenvalue weighted by atomic mass is 9.92. The summed E-state index contributed by atoms with van der Waals surface area (Å²) in [5.74, 6) is -2.38. The number of carbonyl (C=O) groups excluding carboxylic acids is 1. The van der Waals surface area contributed by atoms with Gasteiger partial charge in [0.1, 0.15) is 6.10 Å². The van der Waals surface area contributed by atoms with E-state index in [1.807, 2.05) is 0 Å². The zero-order chi connectivity index (χ0) is 25.8. The number of likely N-dealkylation sites (tertiary alicyclic amines) is 1. The molecule has 1 atom stereocenters. The summed E-state index contributed by atoms with van der Waals surface area (Å²) in [7, 11) is -8.40. The van der Waals surface area contributed by atoms with E-state index in [4.69, 9.17) is 0 Å². The molecule has 0 unspecified atom stereocenters. The third-order valence-corrected chi connectivity index (χ3v) is 12.6. The molecule has 7 nitrogen and oxygen atoms in total. The zero-order valence-corrected chi connectivity index (χ0v) is 20.9. The summed E-state index contributed by atoms with van der Waals surface area (Å²) < 4.78 is 74.0. The van der Waals surface area contributed by atoms with Crippen molar-refractivity contribution >= 4 is 47.8 Å². The molecule has 2 aromatic heterocycles. The molecule has 0 bridgehead atoms. The van der Waals surface area contributed by atoms with E-state index in [-0.39, 0.29) is 30.0 Å². The van der Waals surface area contributed by atoms with Crippen LogP contribution >= 0.6 is 26.4 Å². The predicted octanol–water partition coefficient (Wildman–Crippen LogP) is 4.95. The summed E-state index contributed by atoms with van der Waals surface area (Å²) in [4.78, 5) is 15.9. The van der Waals surface area contributed by atoms with Crippen LogP contribution in [0.15, 0.2) is 53.8 Å². The van der Waals surface area contributed by atoms with Crippen LogP contribution in [0, 0.1) is 0 Å². The van der Waals surface area contributed by atoms with Crippen molar-refractivity contribution in [1.82, 2.24) is 19.7 Å². The number of halogens is 6. The minimum atomic E-state index is -8.40.